The Labute approximate surface area is 123 Å². The highest BCUT2D eigenvalue weighted by atomic mass is 16.6. The fraction of sp³-hybridized carbons (Fsp3) is 0.500. The molecule has 0 saturated heterocycles. The Balaban J connectivity index is 2.70. The van der Waals surface area contributed by atoms with Crippen molar-refractivity contribution in [1.82, 2.24) is 5.32 Å². The number of carbonyl (C=O) groups is 1. The van der Waals surface area contributed by atoms with E-state index in [2.05, 4.69) is 5.32 Å². The van der Waals surface area contributed by atoms with E-state index in [1.807, 2.05) is 13.8 Å². The minimum atomic E-state index is -0.899. The third-order valence-electron chi connectivity index (χ3n) is 2.69. The van der Waals surface area contributed by atoms with Crippen LogP contribution < -0.4 is 10.1 Å². The lowest BCUT2D eigenvalue weighted by Gasteiger charge is -2.13. The van der Waals surface area contributed by atoms with Gasteiger partial charge in [-0.15, -0.1) is 0 Å². The number of nitro benzene ring substituents is 1. The lowest BCUT2D eigenvalue weighted by molar-refractivity contribution is -0.385. The molecule has 21 heavy (non-hydrogen) atoms. The van der Waals surface area contributed by atoms with E-state index in [-0.39, 0.29) is 30.7 Å². The Bertz CT molecular complexity index is 514. The number of aliphatic hydroxyl groups excluding tert-OH is 1. The molecule has 1 rings (SSSR count). The lowest BCUT2D eigenvalue weighted by Crippen LogP contribution is -2.31. The average Bonchev–Trinajstić information content (AvgIpc) is 2.37. The van der Waals surface area contributed by atoms with Crippen molar-refractivity contribution in [3.63, 3.8) is 0 Å². The Kier molecular flexibility index (Phi) is 6.10. The first-order valence-electron chi connectivity index (χ1n) is 6.69. The highest BCUT2D eigenvalue weighted by Crippen LogP contribution is 2.29. The zero-order valence-corrected chi connectivity index (χ0v) is 12.3. The molecule has 116 valence electrons. The van der Waals surface area contributed by atoms with Crippen molar-refractivity contribution in [2.75, 3.05) is 6.61 Å². The first kappa shape index (κ1) is 16.9. The molecule has 0 fully saturated rings. The second kappa shape index (κ2) is 7.58. The summed E-state index contributed by atoms with van der Waals surface area (Å²) in [6.45, 7) is 5.36. The quantitative estimate of drug-likeness (QED) is 0.591. The van der Waals surface area contributed by atoms with Gasteiger partial charge >= 0.3 is 0 Å². The summed E-state index contributed by atoms with van der Waals surface area (Å²) in [6, 6.07) is 4.06. The molecule has 1 amide bonds. The van der Waals surface area contributed by atoms with Crippen LogP contribution in [0.25, 0.3) is 0 Å². The first-order valence-corrected chi connectivity index (χ1v) is 6.69. The van der Waals surface area contributed by atoms with Crippen LogP contribution >= 0.6 is 0 Å². The zero-order valence-electron chi connectivity index (χ0n) is 12.3. The minimum absolute atomic E-state index is 0.0601. The smallest absolute Gasteiger partial charge is 0.270 e. The summed E-state index contributed by atoms with van der Waals surface area (Å²) in [6.07, 6.45) is -0.724. The van der Waals surface area contributed by atoms with E-state index in [0.29, 0.717) is 11.3 Å². The summed E-state index contributed by atoms with van der Waals surface area (Å²) in [5.74, 6) is 0.207. The van der Waals surface area contributed by atoms with Crippen molar-refractivity contribution >= 4 is 11.6 Å². The van der Waals surface area contributed by atoms with Crippen molar-refractivity contribution in [2.45, 2.75) is 39.3 Å². The molecule has 2 N–H and O–H groups in total. The predicted octanol–water partition coefficient (Wildman–Crippen LogP) is 1.94. The van der Waals surface area contributed by atoms with E-state index >= 15 is 0 Å². The molecule has 0 unspecified atom stereocenters. The van der Waals surface area contributed by atoms with Crippen molar-refractivity contribution in [1.29, 1.82) is 0 Å². The van der Waals surface area contributed by atoms with Gasteiger partial charge in [-0.25, -0.2) is 0 Å². The Morgan fingerprint density at radius 1 is 1.43 bits per heavy atom. The van der Waals surface area contributed by atoms with Gasteiger partial charge in [0.05, 0.1) is 24.1 Å². The summed E-state index contributed by atoms with van der Waals surface area (Å²) in [7, 11) is 0. The number of nitrogens with one attached hydrogen (secondary N) is 1. The Hall–Kier alpha value is -2.15. The molecule has 0 saturated carbocycles. The zero-order chi connectivity index (χ0) is 16.0. The molecule has 0 aliphatic rings. The molecule has 0 aliphatic carbocycles. The lowest BCUT2D eigenvalue weighted by atomic mass is 10.1. The molecule has 7 nitrogen and oxygen atoms in total. The minimum Gasteiger partial charge on any atom is -0.493 e. The van der Waals surface area contributed by atoms with Crippen molar-refractivity contribution in [2.24, 2.45) is 0 Å². The number of nitrogens with zero attached hydrogens (tertiary/aromatic N) is 1. The first-order chi connectivity index (χ1) is 9.81. The summed E-state index contributed by atoms with van der Waals surface area (Å²) < 4.78 is 5.44. The van der Waals surface area contributed by atoms with Crippen LogP contribution in [-0.2, 0) is 4.79 Å². The predicted molar refractivity (Wildman–Crippen MR) is 77.1 cm³/mol. The molecule has 0 radical (unpaired) electrons. The van der Waals surface area contributed by atoms with Crippen LogP contribution in [0, 0.1) is 10.1 Å². The van der Waals surface area contributed by atoms with Crippen LogP contribution in [0.2, 0.25) is 0 Å². The molecule has 0 aromatic heterocycles. The van der Waals surface area contributed by atoms with E-state index in [0.717, 1.165) is 0 Å². The molecule has 0 bridgehead atoms. The van der Waals surface area contributed by atoms with Crippen LogP contribution in [0.4, 0.5) is 5.69 Å². The van der Waals surface area contributed by atoms with Crippen molar-refractivity contribution in [3.05, 3.63) is 33.9 Å². The SMILES string of the molecule is CC(C)NC(=O)CCOc1ccc([N+](=O)[O-])cc1[C@H](C)O. The summed E-state index contributed by atoms with van der Waals surface area (Å²) in [4.78, 5) is 21.7. The van der Waals surface area contributed by atoms with Gasteiger partial charge in [-0.1, -0.05) is 0 Å². The van der Waals surface area contributed by atoms with Gasteiger partial charge in [0.15, 0.2) is 0 Å². The van der Waals surface area contributed by atoms with E-state index in [1.165, 1.54) is 25.1 Å². The fourth-order valence-electron chi connectivity index (χ4n) is 1.76. The average molecular weight is 296 g/mol. The van der Waals surface area contributed by atoms with Crippen LogP contribution in [0.1, 0.15) is 38.9 Å². The van der Waals surface area contributed by atoms with E-state index in [1.54, 1.807) is 0 Å². The van der Waals surface area contributed by atoms with Gasteiger partial charge in [-0.05, 0) is 26.8 Å². The Morgan fingerprint density at radius 3 is 2.62 bits per heavy atom. The topological polar surface area (TPSA) is 102 Å². The van der Waals surface area contributed by atoms with Crippen LogP contribution in [0.5, 0.6) is 5.75 Å². The van der Waals surface area contributed by atoms with Gasteiger partial charge in [0, 0.05) is 23.7 Å². The molecule has 0 spiro atoms. The molecule has 1 aromatic rings. The summed E-state index contributed by atoms with van der Waals surface area (Å²) >= 11 is 0. The molecule has 7 heteroatoms. The summed E-state index contributed by atoms with van der Waals surface area (Å²) in [5, 5.41) is 23.1. The number of non-ortho nitro benzene ring substituents is 1. The molecule has 1 atom stereocenters. The maximum Gasteiger partial charge on any atom is 0.270 e. The summed E-state index contributed by atoms with van der Waals surface area (Å²) in [5.41, 5.74) is 0.212. The third kappa shape index (κ3) is 5.39. The van der Waals surface area contributed by atoms with Crippen molar-refractivity contribution < 1.29 is 19.6 Å². The molecule has 0 aliphatic heterocycles. The largest absolute Gasteiger partial charge is 0.493 e. The second-order valence-electron chi connectivity index (χ2n) is 4.98. The van der Waals surface area contributed by atoms with Crippen LogP contribution in [-0.4, -0.2) is 28.6 Å². The number of benzene rings is 1. The van der Waals surface area contributed by atoms with Gasteiger partial charge in [0.25, 0.3) is 5.69 Å². The van der Waals surface area contributed by atoms with E-state index in [4.69, 9.17) is 4.74 Å². The fourth-order valence-corrected chi connectivity index (χ4v) is 1.76. The maximum atomic E-state index is 11.5. The maximum absolute atomic E-state index is 11.5. The van der Waals surface area contributed by atoms with Crippen LogP contribution in [0.3, 0.4) is 0 Å². The normalized spacial score (nSPS) is 12.0. The highest BCUT2D eigenvalue weighted by Gasteiger charge is 2.15. The highest BCUT2D eigenvalue weighted by molar-refractivity contribution is 5.76. The number of hydrogen-bond acceptors (Lipinski definition) is 5. The van der Waals surface area contributed by atoms with Crippen LogP contribution in [0.15, 0.2) is 18.2 Å². The van der Waals surface area contributed by atoms with Crippen molar-refractivity contribution in [3.8, 4) is 5.75 Å². The molecular formula is C14H20N2O5. The monoisotopic (exact) mass is 296 g/mol. The van der Waals surface area contributed by atoms with Gasteiger partial charge in [0.2, 0.25) is 5.91 Å². The standard InChI is InChI=1S/C14H20N2O5/c1-9(2)15-14(18)6-7-21-13-5-4-11(16(19)20)8-12(13)10(3)17/h4-5,8-10,17H,6-7H2,1-3H3,(H,15,18)/t10-/m0/s1. The number of rotatable bonds is 7. The number of nitro groups is 1. The molecular weight excluding hydrogens is 276 g/mol. The number of aliphatic hydroxyl groups is 1. The van der Waals surface area contributed by atoms with Gasteiger partial charge in [-0.2, -0.15) is 0 Å². The number of carbonyl (C=O) groups excluding carboxylic acids is 1. The molecule has 0 heterocycles. The number of hydrogen-bond donors (Lipinski definition) is 2. The van der Waals surface area contributed by atoms with Gasteiger partial charge in [0.1, 0.15) is 5.75 Å². The van der Waals surface area contributed by atoms with E-state index < -0.39 is 11.0 Å². The van der Waals surface area contributed by atoms with Gasteiger partial charge < -0.3 is 15.2 Å². The molecule has 1 aromatic carbocycles. The van der Waals surface area contributed by atoms with E-state index in [9.17, 15) is 20.0 Å². The third-order valence-corrected chi connectivity index (χ3v) is 2.69. The Morgan fingerprint density at radius 2 is 2.10 bits per heavy atom. The second-order valence-corrected chi connectivity index (χ2v) is 4.98. The number of amides is 1. The van der Waals surface area contributed by atoms with Gasteiger partial charge in [-0.3, -0.25) is 14.9 Å². The number of ether oxygens (including phenoxy) is 1.